The average molecular weight is 393 g/mol. The maximum absolute atomic E-state index is 11.3. The van der Waals surface area contributed by atoms with Crippen molar-refractivity contribution in [3.05, 3.63) is 11.6 Å². The van der Waals surface area contributed by atoms with Crippen LogP contribution in [0.5, 0.6) is 0 Å². The van der Waals surface area contributed by atoms with Crippen LogP contribution in [0.3, 0.4) is 0 Å². The number of esters is 1. The standard InChI is InChI=1S/C23H36O5/c1-15(24)26-14-19-22(5)13-10-16-17(23(25-6,27-19)28-22)8-9-18-20(2,3)11-7-12-21(16,18)4/h8,16,18-19H,7,9-14H2,1-6H3/t16-,18-,19+,21+,22-,23-/m0/s1. The number of carbonyl (C=O) groups excluding carboxylic acids is 1. The average Bonchev–Trinajstić information content (AvgIpc) is 2.82. The molecule has 0 aromatic heterocycles. The van der Waals surface area contributed by atoms with Crippen LogP contribution in [0.4, 0.5) is 0 Å². The fraction of sp³-hybridized carbons (Fsp3) is 0.870. The van der Waals surface area contributed by atoms with E-state index in [9.17, 15) is 4.79 Å². The molecule has 1 saturated carbocycles. The van der Waals surface area contributed by atoms with Crippen LogP contribution in [0.1, 0.15) is 73.1 Å². The van der Waals surface area contributed by atoms with Crippen molar-refractivity contribution in [3.8, 4) is 0 Å². The third kappa shape index (κ3) is 2.88. The summed E-state index contributed by atoms with van der Waals surface area (Å²) < 4.78 is 24.2. The van der Waals surface area contributed by atoms with Gasteiger partial charge in [-0.2, -0.15) is 0 Å². The van der Waals surface area contributed by atoms with Crippen LogP contribution in [-0.2, 0) is 23.7 Å². The van der Waals surface area contributed by atoms with Crippen molar-refractivity contribution in [2.45, 2.75) is 90.8 Å². The van der Waals surface area contributed by atoms with Crippen LogP contribution in [-0.4, -0.2) is 37.4 Å². The molecule has 4 aliphatic rings. The van der Waals surface area contributed by atoms with E-state index in [0.29, 0.717) is 17.3 Å². The van der Waals surface area contributed by atoms with E-state index in [1.807, 2.05) is 0 Å². The molecule has 0 aromatic rings. The predicted molar refractivity (Wildman–Crippen MR) is 105 cm³/mol. The second-order valence-electron chi connectivity index (χ2n) is 10.5. The SMILES string of the molecule is CO[C@]12O[C@H](COC(C)=O)[C@](C)(CC[C@H]3C1=CC[C@H]1C(C)(C)CCC[C@]31C)O2. The second-order valence-corrected chi connectivity index (χ2v) is 10.5. The summed E-state index contributed by atoms with van der Waals surface area (Å²) in [5, 5.41) is 0. The Kier molecular flexibility index (Phi) is 4.76. The van der Waals surface area contributed by atoms with Gasteiger partial charge in [-0.15, -0.1) is 0 Å². The van der Waals surface area contributed by atoms with Crippen molar-refractivity contribution in [1.82, 2.24) is 0 Å². The Morgan fingerprint density at radius 1 is 1.21 bits per heavy atom. The lowest BCUT2D eigenvalue weighted by Crippen LogP contribution is -2.52. The number of carbonyl (C=O) groups is 1. The third-order valence-electron chi connectivity index (χ3n) is 8.36. The predicted octanol–water partition coefficient (Wildman–Crippen LogP) is 4.60. The normalized spacial score (nSPS) is 46.8. The number of rotatable bonds is 3. The number of ether oxygens (including phenoxy) is 4. The Bertz CT molecular complexity index is 684. The third-order valence-corrected chi connectivity index (χ3v) is 8.36. The van der Waals surface area contributed by atoms with Gasteiger partial charge in [-0.1, -0.05) is 33.3 Å². The summed E-state index contributed by atoms with van der Waals surface area (Å²) in [6, 6.07) is 0. The van der Waals surface area contributed by atoms with Crippen molar-refractivity contribution in [2.24, 2.45) is 22.7 Å². The van der Waals surface area contributed by atoms with Crippen molar-refractivity contribution in [2.75, 3.05) is 13.7 Å². The minimum Gasteiger partial charge on any atom is -0.463 e. The van der Waals surface area contributed by atoms with Crippen molar-refractivity contribution >= 4 is 5.97 Å². The molecule has 2 bridgehead atoms. The molecule has 0 aromatic carbocycles. The van der Waals surface area contributed by atoms with Gasteiger partial charge in [0.2, 0.25) is 0 Å². The van der Waals surface area contributed by atoms with Gasteiger partial charge in [0.1, 0.15) is 18.3 Å². The van der Waals surface area contributed by atoms with Gasteiger partial charge in [0.15, 0.2) is 0 Å². The van der Waals surface area contributed by atoms with Gasteiger partial charge in [0.25, 0.3) is 0 Å². The van der Waals surface area contributed by atoms with E-state index in [-0.39, 0.29) is 24.1 Å². The number of fused-ring (bicyclic) bond motifs is 6. The lowest BCUT2D eigenvalue weighted by atomic mass is 9.48. The molecule has 2 saturated heterocycles. The van der Waals surface area contributed by atoms with E-state index in [4.69, 9.17) is 18.9 Å². The molecule has 0 spiro atoms. The summed E-state index contributed by atoms with van der Waals surface area (Å²) in [5.41, 5.74) is 1.21. The van der Waals surface area contributed by atoms with Gasteiger partial charge >= 0.3 is 11.9 Å². The summed E-state index contributed by atoms with van der Waals surface area (Å²) in [4.78, 5) is 11.3. The van der Waals surface area contributed by atoms with Gasteiger partial charge in [0, 0.05) is 19.6 Å². The van der Waals surface area contributed by atoms with Crippen LogP contribution in [0.25, 0.3) is 0 Å². The summed E-state index contributed by atoms with van der Waals surface area (Å²) in [6.07, 6.45) is 8.80. The van der Waals surface area contributed by atoms with Gasteiger partial charge in [0.05, 0.1) is 0 Å². The summed E-state index contributed by atoms with van der Waals surface area (Å²) in [7, 11) is 1.66. The number of allylic oxidation sites excluding steroid dienone is 1. The molecule has 2 aliphatic heterocycles. The number of methoxy groups -OCH3 is 1. The van der Waals surface area contributed by atoms with Crippen molar-refractivity contribution in [1.29, 1.82) is 0 Å². The number of hydrogen-bond acceptors (Lipinski definition) is 5. The second kappa shape index (κ2) is 6.55. The highest BCUT2D eigenvalue weighted by molar-refractivity contribution is 5.65. The fourth-order valence-electron chi connectivity index (χ4n) is 6.83. The molecule has 2 heterocycles. The molecule has 3 fully saturated rings. The van der Waals surface area contributed by atoms with Crippen LogP contribution >= 0.6 is 0 Å². The van der Waals surface area contributed by atoms with E-state index in [1.165, 1.54) is 26.2 Å². The topological polar surface area (TPSA) is 54.0 Å². The molecule has 5 nitrogen and oxygen atoms in total. The van der Waals surface area contributed by atoms with E-state index in [0.717, 1.165) is 24.8 Å². The number of hydrogen-bond donors (Lipinski definition) is 0. The molecule has 5 heteroatoms. The zero-order chi connectivity index (χ0) is 20.4. The van der Waals surface area contributed by atoms with E-state index in [2.05, 4.69) is 33.8 Å². The molecule has 2 aliphatic carbocycles. The lowest BCUT2D eigenvalue weighted by Gasteiger charge is -2.58. The first-order chi connectivity index (χ1) is 13.1. The largest absolute Gasteiger partial charge is 0.463 e. The van der Waals surface area contributed by atoms with Crippen LogP contribution < -0.4 is 0 Å². The Hall–Kier alpha value is -0.910. The fourth-order valence-corrected chi connectivity index (χ4v) is 6.83. The van der Waals surface area contributed by atoms with Gasteiger partial charge in [-0.25, -0.2) is 0 Å². The quantitative estimate of drug-likeness (QED) is 0.519. The zero-order valence-corrected chi connectivity index (χ0v) is 18.3. The molecular formula is C23H36O5. The Labute approximate surface area is 169 Å². The van der Waals surface area contributed by atoms with Gasteiger partial charge in [-0.3, -0.25) is 4.79 Å². The molecule has 0 N–H and O–H groups in total. The molecular weight excluding hydrogens is 356 g/mol. The summed E-state index contributed by atoms with van der Waals surface area (Å²) in [5.74, 6) is -0.400. The first-order valence-electron chi connectivity index (χ1n) is 10.8. The molecule has 158 valence electrons. The Morgan fingerprint density at radius 2 is 1.96 bits per heavy atom. The minimum absolute atomic E-state index is 0.196. The molecule has 28 heavy (non-hydrogen) atoms. The first kappa shape index (κ1) is 20.4. The summed E-state index contributed by atoms with van der Waals surface area (Å²) in [6.45, 7) is 11.1. The monoisotopic (exact) mass is 392 g/mol. The molecule has 4 rings (SSSR count). The van der Waals surface area contributed by atoms with Gasteiger partial charge < -0.3 is 18.9 Å². The Morgan fingerprint density at radius 3 is 2.64 bits per heavy atom. The lowest BCUT2D eigenvalue weighted by molar-refractivity contribution is -0.315. The van der Waals surface area contributed by atoms with E-state index in [1.54, 1.807) is 7.11 Å². The van der Waals surface area contributed by atoms with Gasteiger partial charge in [-0.05, 0) is 61.7 Å². The van der Waals surface area contributed by atoms with E-state index < -0.39 is 11.6 Å². The maximum Gasteiger partial charge on any atom is 0.308 e. The maximum atomic E-state index is 11.3. The highest BCUT2D eigenvalue weighted by Gasteiger charge is 2.65. The smallest absolute Gasteiger partial charge is 0.308 e. The molecule has 0 unspecified atom stereocenters. The minimum atomic E-state index is -1.16. The first-order valence-corrected chi connectivity index (χ1v) is 10.8. The van der Waals surface area contributed by atoms with Crippen LogP contribution in [0, 0.1) is 22.7 Å². The molecule has 0 amide bonds. The Balaban J connectivity index is 1.71. The molecule has 6 atom stereocenters. The molecule has 0 radical (unpaired) electrons. The van der Waals surface area contributed by atoms with Crippen molar-refractivity contribution < 1.29 is 23.7 Å². The van der Waals surface area contributed by atoms with Crippen molar-refractivity contribution in [3.63, 3.8) is 0 Å². The summed E-state index contributed by atoms with van der Waals surface area (Å²) >= 11 is 0. The van der Waals surface area contributed by atoms with E-state index >= 15 is 0 Å². The zero-order valence-electron chi connectivity index (χ0n) is 18.3. The highest BCUT2D eigenvalue weighted by Crippen LogP contribution is 2.64. The van der Waals surface area contributed by atoms with Crippen LogP contribution in [0.2, 0.25) is 0 Å². The van der Waals surface area contributed by atoms with Crippen LogP contribution in [0.15, 0.2) is 11.6 Å². The highest BCUT2D eigenvalue weighted by atomic mass is 16.9.